The van der Waals surface area contributed by atoms with Crippen LogP contribution in [0.2, 0.25) is 0 Å². The molecule has 0 aliphatic rings. The first-order valence-corrected chi connectivity index (χ1v) is 9.99. The number of halogens is 1. The highest BCUT2D eigenvalue weighted by atomic mass is 127. The first-order valence-electron chi connectivity index (χ1n) is 9.99. The van der Waals surface area contributed by atoms with Crippen LogP contribution in [0.4, 0.5) is 5.69 Å². The Kier molecular flexibility index (Phi) is 16.5. The summed E-state index contributed by atoms with van der Waals surface area (Å²) in [6.45, 7) is 7.26. The van der Waals surface area contributed by atoms with Crippen LogP contribution in [-0.2, 0) is 11.2 Å². The van der Waals surface area contributed by atoms with Crippen molar-refractivity contribution in [1.29, 1.82) is 0 Å². The molecule has 1 rings (SSSR count). The van der Waals surface area contributed by atoms with Crippen molar-refractivity contribution in [3.63, 3.8) is 0 Å². The van der Waals surface area contributed by atoms with Gasteiger partial charge < -0.3 is 20.3 Å². The lowest BCUT2D eigenvalue weighted by Gasteiger charge is -2.18. The first kappa shape index (κ1) is 27.5. The Balaban J connectivity index is 0.00000784. The molecule has 0 bridgehead atoms. The fourth-order valence-corrected chi connectivity index (χ4v) is 2.71. The lowest BCUT2D eigenvalue weighted by atomic mass is 10.1. The van der Waals surface area contributed by atoms with Crippen LogP contribution in [0.1, 0.15) is 31.7 Å². The number of methoxy groups -OCH3 is 1. The number of guanidine groups is 1. The van der Waals surface area contributed by atoms with Crippen LogP contribution in [0, 0.1) is 10.1 Å². The summed E-state index contributed by atoms with van der Waals surface area (Å²) in [5.41, 5.74) is 1.26. The Morgan fingerprint density at radius 3 is 2.52 bits per heavy atom. The summed E-state index contributed by atoms with van der Waals surface area (Å²) in [6.07, 6.45) is 3.92. The summed E-state index contributed by atoms with van der Waals surface area (Å²) in [5, 5.41) is 17.3. The molecular weight excluding hydrogens is 485 g/mol. The van der Waals surface area contributed by atoms with Gasteiger partial charge in [0.15, 0.2) is 5.96 Å². The number of aryl methyl sites for hydroxylation is 1. The zero-order chi connectivity index (χ0) is 20.6. The normalized spacial score (nSPS) is 11.2. The summed E-state index contributed by atoms with van der Waals surface area (Å²) >= 11 is 0. The SMILES string of the molecule is CCNC(=NCCCCc1ccc([N+](=O)[O-])cc1)NCCN(C)CCCOC.I. The largest absolute Gasteiger partial charge is 0.385 e. The molecule has 0 amide bonds. The molecule has 8 nitrogen and oxygen atoms in total. The van der Waals surface area contributed by atoms with Gasteiger partial charge in [-0.05, 0) is 45.2 Å². The van der Waals surface area contributed by atoms with Gasteiger partial charge in [-0.15, -0.1) is 24.0 Å². The van der Waals surface area contributed by atoms with E-state index in [-0.39, 0.29) is 34.6 Å². The zero-order valence-electron chi connectivity index (χ0n) is 17.9. The number of likely N-dealkylation sites (N-methyl/N-ethyl adjacent to an activating group) is 1. The summed E-state index contributed by atoms with van der Waals surface area (Å²) in [4.78, 5) is 17.2. The van der Waals surface area contributed by atoms with Crippen molar-refractivity contribution in [3.05, 3.63) is 39.9 Å². The molecule has 0 aliphatic heterocycles. The molecular formula is C20H36IN5O3. The van der Waals surface area contributed by atoms with Crippen LogP contribution in [-0.4, -0.2) is 69.3 Å². The molecule has 166 valence electrons. The van der Waals surface area contributed by atoms with Crippen LogP contribution in [0.5, 0.6) is 0 Å². The van der Waals surface area contributed by atoms with Crippen molar-refractivity contribution in [3.8, 4) is 0 Å². The molecule has 1 aromatic rings. The van der Waals surface area contributed by atoms with Crippen LogP contribution in [0.15, 0.2) is 29.3 Å². The number of non-ortho nitro benzene ring substituents is 1. The number of benzene rings is 1. The number of nitrogens with one attached hydrogen (secondary N) is 2. The number of nitro groups is 1. The van der Waals surface area contributed by atoms with E-state index in [9.17, 15) is 10.1 Å². The lowest BCUT2D eigenvalue weighted by Crippen LogP contribution is -2.41. The molecule has 29 heavy (non-hydrogen) atoms. The van der Waals surface area contributed by atoms with Crippen molar-refractivity contribution in [2.75, 3.05) is 53.5 Å². The number of nitrogens with zero attached hydrogens (tertiary/aromatic N) is 3. The number of ether oxygens (including phenoxy) is 1. The summed E-state index contributed by atoms with van der Waals surface area (Å²) < 4.78 is 5.08. The predicted molar refractivity (Wildman–Crippen MR) is 129 cm³/mol. The second kappa shape index (κ2) is 17.4. The zero-order valence-corrected chi connectivity index (χ0v) is 20.2. The Bertz CT molecular complexity index is 584. The monoisotopic (exact) mass is 521 g/mol. The van der Waals surface area contributed by atoms with Gasteiger partial charge in [0.25, 0.3) is 5.69 Å². The van der Waals surface area contributed by atoms with E-state index in [2.05, 4.69) is 34.5 Å². The van der Waals surface area contributed by atoms with Gasteiger partial charge in [-0.25, -0.2) is 0 Å². The predicted octanol–water partition coefficient (Wildman–Crippen LogP) is 3.06. The highest BCUT2D eigenvalue weighted by Gasteiger charge is 2.04. The van der Waals surface area contributed by atoms with Crippen LogP contribution in [0.25, 0.3) is 0 Å². The fraction of sp³-hybridized carbons (Fsp3) is 0.650. The molecule has 0 aliphatic carbocycles. The smallest absolute Gasteiger partial charge is 0.269 e. The van der Waals surface area contributed by atoms with Crippen molar-refractivity contribution in [2.45, 2.75) is 32.6 Å². The van der Waals surface area contributed by atoms with E-state index in [4.69, 9.17) is 4.74 Å². The molecule has 9 heteroatoms. The fourth-order valence-electron chi connectivity index (χ4n) is 2.71. The number of nitro benzene ring substituents is 1. The number of rotatable bonds is 14. The average molecular weight is 521 g/mol. The van der Waals surface area contributed by atoms with E-state index in [1.54, 1.807) is 19.2 Å². The molecule has 0 atom stereocenters. The maximum Gasteiger partial charge on any atom is 0.269 e. The molecule has 0 saturated heterocycles. The lowest BCUT2D eigenvalue weighted by molar-refractivity contribution is -0.384. The molecule has 0 heterocycles. The van der Waals surface area contributed by atoms with E-state index < -0.39 is 0 Å². The highest BCUT2D eigenvalue weighted by Crippen LogP contribution is 2.13. The minimum Gasteiger partial charge on any atom is -0.385 e. The van der Waals surface area contributed by atoms with E-state index in [0.29, 0.717) is 0 Å². The Labute approximate surface area is 191 Å². The molecule has 0 fully saturated rings. The van der Waals surface area contributed by atoms with Gasteiger partial charge in [-0.3, -0.25) is 15.1 Å². The number of aliphatic imine (C=N–C) groups is 1. The minimum atomic E-state index is -0.370. The van der Waals surface area contributed by atoms with Crippen molar-refractivity contribution in [2.24, 2.45) is 4.99 Å². The molecule has 0 unspecified atom stereocenters. The van der Waals surface area contributed by atoms with Gasteiger partial charge in [0, 0.05) is 58.6 Å². The van der Waals surface area contributed by atoms with Crippen LogP contribution < -0.4 is 10.6 Å². The second-order valence-corrected chi connectivity index (χ2v) is 6.72. The number of hydrogen-bond donors (Lipinski definition) is 2. The van der Waals surface area contributed by atoms with E-state index >= 15 is 0 Å². The van der Waals surface area contributed by atoms with Gasteiger partial charge in [-0.2, -0.15) is 0 Å². The van der Waals surface area contributed by atoms with Gasteiger partial charge in [0.2, 0.25) is 0 Å². The summed E-state index contributed by atoms with van der Waals surface area (Å²) in [6, 6.07) is 6.78. The first-order chi connectivity index (χ1) is 13.6. The second-order valence-electron chi connectivity index (χ2n) is 6.72. The summed E-state index contributed by atoms with van der Waals surface area (Å²) in [5.74, 6) is 0.850. The topological polar surface area (TPSA) is 92.0 Å². The molecule has 0 aromatic heterocycles. The maximum atomic E-state index is 10.7. The van der Waals surface area contributed by atoms with E-state index in [1.165, 1.54) is 0 Å². The molecule has 0 radical (unpaired) electrons. The average Bonchev–Trinajstić information content (AvgIpc) is 2.68. The van der Waals surface area contributed by atoms with Crippen LogP contribution in [0.3, 0.4) is 0 Å². The molecule has 1 aromatic carbocycles. The van der Waals surface area contributed by atoms with E-state index in [0.717, 1.165) is 76.5 Å². The standard InChI is InChI=1S/C20H35N5O3.HI/c1-4-21-20(23-14-16-24(2)15-7-17-28-3)22-13-6-5-8-18-9-11-19(12-10-18)25(26)27;/h9-12H,4-8,13-17H2,1-3H3,(H2,21,22,23);1H. The third-order valence-corrected chi connectivity index (χ3v) is 4.31. The maximum absolute atomic E-state index is 10.7. The molecule has 0 saturated carbocycles. The Morgan fingerprint density at radius 1 is 1.17 bits per heavy atom. The Morgan fingerprint density at radius 2 is 1.90 bits per heavy atom. The highest BCUT2D eigenvalue weighted by molar-refractivity contribution is 14.0. The van der Waals surface area contributed by atoms with Crippen molar-refractivity contribution >= 4 is 35.6 Å². The van der Waals surface area contributed by atoms with Gasteiger partial charge in [-0.1, -0.05) is 12.1 Å². The molecule has 0 spiro atoms. The number of unbranched alkanes of at least 4 members (excludes halogenated alkanes) is 1. The molecule has 2 N–H and O–H groups in total. The van der Waals surface area contributed by atoms with E-state index in [1.807, 2.05) is 12.1 Å². The summed E-state index contributed by atoms with van der Waals surface area (Å²) in [7, 11) is 3.84. The van der Waals surface area contributed by atoms with Gasteiger partial charge >= 0.3 is 0 Å². The van der Waals surface area contributed by atoms with Gasteiger partial charge in [0.1, 0.15) is 0 Å². The quantitative estimate of drug-likeness (QED) is 0.0977. The number of hydrogen-bond acceptors (Lipinski definition) is 5. The van der Waals surface area contributed by atoms with Crippen molar-refractivity contribution < 1.29 is 9.66 Å². The minimum absolute atomic E-state index is 0. The Hall–Kier alpha value is -1.46. The third kappa shape index (κ3) is 13.4. The third-order valence-electron chi connectivity index (χ3n) is 4.31. The van der Waals surface area contributed by atoms with Crippen molar-refractivity contribution in [1.82, 2.24) is 15.5 Å². The van der Waals surface area contributed by atoms with Crippen LogP contribution >= 0.6 is 24.0 Å². The van der Waals surface area contributed by atoms with Gasteiger partial charge in [0.05, 0.1) is 4.92 Å².